The van der Waals surface area contributed by atoms with E-state index in [4.69, 9.17) is 4.74 Å². The Morgan fingerprint density at radius 3 is 2.12 bits per heavy atom. The molecule has 0 N–H and O–H groups in total. The van der Waals surface area contributed by atoms with Crippen molar-refractivity contribution in [3.8, 4) is 0 Å². The first kappa shape index (κ1) is 16.2. The summed E-state index contributed by atoms with van der Waals surface area (Å²) < 4.78 is 6.23. The largest absolute Gasteiger partial charge is 0.365 e. The Kier molecular flexibility index (Phi) is 5.60. The SMILES string of the molecule is Cc1ccccc1COC(/C=C/c1ccccc1)c1ccccc1. The van der Waals surface area contributed by atoms with Gasteiger partial charge in [-0.15, -0.1) is 0 Å². The Balaban J connectivity index is 1.78. The van der Waals surface area contributed by atoms with E-state index in [9.17, 15) is 0 Å². The first-order valence-corrected chi connectivity index (χ1v) is 8.27. The third kappa shape index (κ3) is 4.43. The molecule has 1 unspecified atom stereocenters. The molecule has 1 atom stereocenters. The van der Waals surface area contributed by atoms with Gasteiger partial charge in [0.05, 0.1) is 6.61 Å². The van der Waals surface area contributed by atoms with Crippen molar-refractivity contribution in [2.75, 3.05) is 0 Å². The van der Waals surface area contributed by atoms with E-state index in [0.717, 1.165) is 0 Å². The van der Waals surface area contributed by atoms with Crippen LogP contribution in [0.3, 0.4) is 0 Å². The van der Waals surface area contributed by atoms with E-state index in [-0.39, 0.29) is 6.10 Å². The van der Waals surface area contributed by atoms with Gasteiger partial charge in [0.1, 0.15) is 6.10 Å². The molecule has 3 aromatic rings. The summed E-state index contributed by atoms with van der Waals surface area (Å²) in [6.45, 7) is 2.72. The Bertz CT molecular complexity index is 775. The minimum atomic E-state index is -0.0639. The van der Waals surface area contributed by atoms with Crippen molar-refractivity contribution in [1.29, 1.82) is 0 Å². The summed E-state index contributed by atoms with van der Waals surface area (Å²) in [5, 5.41) is 0. The number of rotatable bonds is 6. The highest BCUT2D eigenvalue weighted by molar-refractivity contribution is 5.50. The summed E-state index contributed by atoms with van der Waals surface area (Å²) in [5.74, 6) is 0. The maximum Gasteiger partial charge on any atom is 0.101 e. The fourth-order valence-corrected chi connectivity index (χ4v) is 2.62. The van der Waals surface area contributed by atoms with Crippen molar-refractivity contribution >= 4 is 6.08 Å². The van der Waals surface area contributed by atoms with Crippen LogP contribution in [-0.4, -0.2) is 0 Å². The van der Waals surface area contributed by atoms with Crippen LogP contribution in [0.15, 0.2) is 91.0 Å². The van der Waals surface area contributed by atoms with Gasteiger partial charge in [0.2, 0.25) is 0 Å². The number of benzene rings is 3. The lowest BCUT2D eigenvalue weighted by Gasteiger charge is -2.16. The maximum absolute atomic E-state index is 6.23. The quantitative estimate of drug-likeness (QED) is 0.545. The first-order valence-electron chi connectivity index (χ1n) is 8.27. The van der Waals surface area contributed by atoms with Gasteiger partial charge in [-0.25, -0.2) is 0 Å². The van der Waals surface area contributed by atoms with Crippen LogP contribution in [0, 0.1) is 6.92 Å². The van der Waals surface area contributed by atoms with Gasteiger partial charge in [-0.05, 0) is 29.2 Å². The molecule has 0 heterocycles. The average molecular weight is 314 g/mol. The van der Waals surface area contributed by atoms with E-state index in [1.807, 2.05) is 24.3 Å². The number of aryl methyl sites for hydroxylation is 1. The number of hydrogen-bond donors (Lipinski definition) is 0. The van der Waals surface area contributed by atoms with Crippen LogP contribution in [0.2, 0.25) is 0 Å². The highest BCUT2D eigenvalue weighted by atomic mass is 16.5. The number of ether oxygens (including phenoxy) is 1. The van der Waals surface area contributed by atoms with Crippen LogP contribution in [0.1, 0.15) is 28.4 Å². The smallest absolute Gasteiger partial charge is 0.101 e. The molecule has 0 radical (unpaired) electrons. The van der Waals surface area contributed by atoms with Crippen molar-refractivity contribution in [3.63, 3.8) is 0 Å². The molecule has 3 aromatic carbocycles. The molecular formula is C23H22O. The average Bonchev–Trinajstić information content (AvgIpc) is 2.65. The molecule has 3 rings (SSSR count). The maximum atomic E-state index is 6.23. The molecule has 120 valence electrons. The summed E-state index contributed by atoms with van der Waals surface area (Å²) >= 11 is 0. The summed E-state index contributed by atoms with van der Waals surface area (Å²) in [6.07, 6.45) is 4.18. The van der Waals surface area contributed by atoms with Gasteiger partial charge in [-0.3, -0.25) is 0 Å². The first-order chi connectivity index (χ1) is 11.8. The molecule has 1 heteroatoms. The molecule has 1 nitrogen and oxygen atoms in total. The van der Waals surface area contributed by atoms with Crippen molar-refractivity contribution in [3.05, 3.63) is 113 Å². The molecule has 24 heavy (non-hydrogen) atoms. The van der Waals surface area contributed by atoms with Gasteiger partial charge in [-0.1, -0.05) is 97.1 Å². The lowest BCUT2D eigenvalue weighted by Crippen LogP contribution is -2.03. The zero-order chi connectivity index (χ0) is 16.6. The zero-order valence-electron chi connectivity index (χ0n) is 13.9. The van der Waals surface area contributed by atoms with Crippen molar-refractivity contribution < 1.29 is 4.74 Å². The van der Waals surface area contributed by atoms with Gasteiger partial charge >= 0.3 is 0 Å². The lowest BCUT2D eigenvalue weighted by atomic mass is 10.1. The fourth-order valence-electron chi connectivity index (χ4n) is 2.62. The predicted molar refractivity (Wildman–Crippen MR) is 101 cm³/mol. The third-order valence-corrected chi connectivity index (χ3v) is 4.07. The van der Waals surface area contributed by atoms with Crippen LogP contribution >= 0.6 is 0 Å². The topological polar surface area (TPSA) is 9.23 Å². The molecule has 0 fully saturated rings. The summed E-state index contributed by atoms with van der Waals surface area (Å²) in [4.78, 5) is 0. The molecule has 0 spiro atoms. The normalized spacial score (nSPS) is 12.4. The van der Waals surface area contributed by atoms with Crippen molar-refractivity contribution in [2.45, 2.75) is 19.6 Å². The van der Waals surface area contributed by atoms with Gasteiger partial charge in [-0.2, -0.15) is 0 Å². The van der Waals surface area contributed by atoms with Crippen LogP contribution in [0.4, 0.5) is 0 Å². The molecule has 0 bridgehead atoms. The van der Waals surface area contributed by atoms with Crippen LogP contribution in [-0.2, 0) is 11.3 Å². The minimum Gasteiger partial charge on any atom is -0.365 e. The predicted octanol–water partition coefficient (Wildman–Crippen LogP) is 5.97. The third-order valence-electron chi connectivity index (χ3n) is 4.07. The molecule has 0 aliphatic rings. The van der Waals surface area contributed by atoms with Crippen LogP contribution in [0.5, 0.6) is 0 Å². The molecule has 0 aliphatic carbocycles. The van der Waals surface area contributed by atoms with Crippen LogP contribution < -0.4 is 0 Å². The second-order valence-corrected chi connectivity index (χ2v) is 5.84. The standard InChI is InChI=1S/C23H22O/c1-19-10-8-9-15-22(19)18-24-23(21-13-6-3-7-14-21)17-16-20-11-4-2-5-12-20/h2-17,23H,18H2,1H3/b17-16+. The van der Waals surface area contributed by atoms with Gasteiger partial charge in [0, 0.05) is 0 Å². The monoisotopic (exact) mass is 314 g/mol. The summed E-state index contributed by atoms with van der Waals surface area (Å²) in [5.41, 5.74) is 4.83. The molecule has 0 aliphatic heterocycles. The summed E-state index contributed by atoms with van der Waals surface area (Å²) in [7, 11) is 0. The van der Waals surface area contributed by atoms with Gasteiger partial charge in [0.15, 0.2) is 0 Å². The van der Waals surface area contributed by atoms with E-state index in [0.29, 0.717) is 6.61 Å². The summed E-state index contributed by atoms with van der Waals surface area (Å²) in [6, 6.07) is 29.0. The Hall–Kier alpha value is -2.64. The van der Waals surface area contributed by atoms with Crippen molar-refractivity contribution in [1.82, 2.24) is 0 Å². The highest BCUT2D eigenvalue weighted by Gasteiger charge is 2.09. The van der Waals surface area contributed by atoms with Crippen LogP contribution in [0.25, 0.3) is 6.08 Å². The minimum absolute atomic E-state index is 0.0639. The van der Waals surface area contributed by atoms with Gasteiger partial charge in [0.25, 0.3) is 0 Å². The second-order valence-electron chi connectivity index (χ2n) is 5.84. The van der Waals surface area contributed by atoms with Crippen molar-refractivity contribution in [2.24, 2.45) is 0 Å². The van der Waals surface area contributed by atoms with Gasteiger partial charge < -0.3 is 4.74 Å². The Labute approximate surface area is 144 Å². The second kappa shape index (κ2) is 8.28. The Morgan fingerprint density at radius 1 is 0.792 bits per heavy atom. The number of hydrogen-bond acceptors (Lipinski definition) is 1. The zero-order valence-corrected chi connectivity index (χ0v) is 13.9. The fraction of sp³-hybridized carbons (Fsp3) is 0.130. The molecule has 0 aromatic heterocycles. The Morgan fingerprint density at radius 2 is 1.42 bits per heavy atom. The molecular weight excluding hydrogens is 292 g/mol. The molecule has 0 saturated carbocycles. The van der Waals surface area contributed by atoms with E-state index >= 15 is 0 Å². The lowest BCUT2D eigenvalue weighted by molar-refractivity contribution is 0.0720. The van der Waals surface area contributed by atoms with E-state index < -0.39 is 0 Å². The van der Waals surface area contributed by atoms with E-state index in [1.165, 1.54) is 22.3 Å². The molecule has 0 amide bonds. The molecule has 0 saturated heterocycles. The highest BCUT2D eigenvalue weighted by Crippen LogP contribution is 2.22. The van der Waals surface area contributed by atoms with E-state index in [1.54, 1.807) is 0 Å². The van der Waals surface area contributed by atoms with E-state index in [2.05, 4.69) is 79.7 Å².